The fraction of sp³-hybridized carbons (Fsp3) is 0.455. The van der Waals surface area contributed by atoms with Gasteiger partial charge >= 0.3 is 6.36 Å². The molecule has 3 nitrogen and oxygen atoms in total. The van der Waals surface area contributed by atoms with Gasteiger partial charge in [-0.25, -0.2) is 8.42 Å². The fourth-order valence-electron chi connectivity index (χ4n) is 1.42. The molecule has 0 N–H and O–H groups in total. The Morgan fingerprint density at radius 3 is 2.17 bits per heavy atom. The van der Waals surface area contributed by atoms with Crippen LogP contribution in [0.25, 0.3) is 0 Å². The summed E-state index contributed by atoms with van der Waals surface area (Å²) in [5.41, 5.74) is 0.443. The maximum absolute atomic E-state index is 11.9. The van der Waals surface area contributed by atoms with Gasteiger partial charge in [-0.2, -0.15) is 0 Å². The van der Waals surface area contributed by atoms with Gasteiger partial charge in [-0.05, 0) is 24.1 Å². The van der Waals surface area contributed by atoms with E-state index in [9.17, 15) is 21.6 Å². The third-order valence-corrected chi connectivity index (χ3v) is 3.86. The molecule has 0 aliphatic carbocycles. The molecule has 0 unspecified atom stereocenters. The molecule has 7 heteroatoms. The zero-order chi connectivity index (χ0) is 13.8. The van der Waals surface area contributed by atoms with E-state index in [0.717, 1.165) is 12.1 Å². The van der Waals surface area contributed by atoms with Crippen LogP contribution in [0.4, 0.5) is 13.2 Å². The fourth-order valence-corrected chi connectivity index (χ4v) is 2.89. The van der Waals surface area contributed by atoms with Crippen LogP contribution in [-0.4, -0.2) is 20.5 Å². The number of sulfone groups is 1. The van der Waals surface area contributed by atoms with E-state index in [1.165, 1.54) is 12.1 Å². The van der Waals surface area contributed by atoms with Crippen molar-refractivity contribution in [2.75, 3.05) is 5.75 Å². The number of alkyl halides is 3. The van der Waals surface area contributed by atoms with Gasteiger partial charge in [-0.3, -0.25) is 0 Å². The van der Waals surface area contributed by atoms with Gasteiger partial charge in [0.05, 0.1) is 11.5 Å². The van der Waals surface area contributed by atoms with Gasteiger partial charge in [-0.1, -0.05) is 19.1 Å². The molecular formula is C11H13F3O3S. The van der Waals surface area contributed by atoms with Crippen LogP contribution in [0, 0.1) is 0 Å². The number of benzene rings is 1. The van der Waals surface area contributed by atoms with Gasteiger partial charge < -0.3 is 4.74 Å². The van der Waals surface area contributed by atoms with E-state index in [2.05, 4.69) is 4.74 Å². The monoisotopic (exact) mass is 282 g/mol. The number of halogens is 3. The maximum atomic E-state index is 11.9. The van der Waals surface area contributed by atoms with E-state index in [1.54, 1.807) is 6.92 Å². The van der Waals surface area contributed by atoms with Gasteiger partial charge in [0.15, 0.2) is 9.84 Å². The quantitative estimate of drug-likeness (QED) is 0.834. The van der Waals surface area contributed by atoms with E-state index in [0.29, 0.717) is 12.0 Å². The topological polar surface area (TPSA) is 43.4 Å². The summed E-state index contributed by atoms with van der Waals surface area (Å²) in [7, 11) is -3.20. The standard InChI is InChI=1S/C11H13F3O3S/c1-2-7-18(15,16)8-9-3-5-10(6-4-9)17-11(12,13)14/h3-6H,2,7-8H2,1H3. The normalized spacial score (nSPS) is 12.4. The van der Waals surface area contributed by atoms with E-state index in [4.69, 9.17) is 0 Å². The van der Waals surface area contributed by atoms with Crippen LogP contribution in [0.2, 0.25) is 0 Å². The molecule has 0 aliphatic rings. The van der Waals surface area contributed by atoms with Crippen LogP contribution in [0.5, 0.6) is 5.75 Å². The lowest BCUT2D eigenvalue weighted by molar-refractivity contribution is -0.274. The van der Waals surface area contributed by atoms with E-state index in [1.807, 2.05) is 0 Å². The van der Waals surface area contributed by atoms with Gasteiger partial charge in [0.25, 0.3) is 0 Å². The van der Waals surface area contributed by atoms with Crippen LogP contribution in [0.15, 0.2) is 24.3 Å². The van der Waals surface area contributed by atoms with Gasteiger partial charge in [0.2, 0.25) is 0 Å². The maximum Gasteiger partial charge on any atom is 0.573 e. The van der Waals surface area contributed by atoms with E-state index >= 15 is 0 Å². The average molecular weight is 282 g/mol. The van der Waals surface area contributed by atoms with Crippen molar-refractivity contribution in [1.29, 1.82) is 0 Å². The summed E-state index contributed by atoms with van der Waals surface area (Å²) in [5, 5.41) is 0. The number of hydrogen-bond acceptors (Lipinski definition) is 3. The van der Waals surface area contributed by atoms with Crippen molar-refractivity contribution in [3.63, 3.8) is 0 Å². The Morgan fingerprint density at radius 2 is 1.72 bits per heavy atom. The zero-order valence-corrected chi connectivity index (χ0v) is 10.5. The van der Waals surface area contributed by atoms with Crippen molar-refractivity contribution in [2.24, 2.45) is 0 Å². The van der Waals surface area contributed by atoms with E-state index < -0.39 is 16.2 Å². The van der Waals surface area contributed by atoms with Gasteiger partial charge in [0.1, 0.15) is 5.75 Å². The minimum Gasteiger partial charge on any atom is -0.406 e. The predicted octanol–water partition coefficient (Wildman–Crippen LogP) is 2.91. The highest BCUT2D eigenvalue weighted by Crippen LogP contribution is 2.23. The summed E-state index contributed by atoms with van der Waals surface area (Å²) in [4.78, 5) is 0. The Kier molecular flexibility index (Phi) is 4.61. The first-order chi connectivity index (χ1) is 8.22. The molecule has 0 aliphatic heterocycles. The zero-order valence-electron chi connectivity index (χ0n) is 9.70. The smallest absolute Gasteiger partial charge is 0.406 e. The van der Waals surface area contributed by atoms with Crippen LogP contribution >= 0.6 is 0 Å². The molecule has 0 bridgehead atoms. The first-order valence-corrected chi connectivity index (χ1v) is 7.09. The Morgan fingerprint density at radius 1 is 1.17 bits per heavy atom. The van der Waals surface area contributed by atoms with Crippen molar-refractivity contribution in [3.05, 3.63) is 29.8 Å². The van der Waals surface area contributed by atoms with Crippen molar-refractivity contribution >= 4 is 9.84 Å². The first kappa shape index (κ1) is 14.8. The van der Waals surface area contributed by atoms with E-state index in [-0.39, 0.29) is 17.3 Å². The lowest BCUT2D eigenvalue weighted by atomic mass is 10.2. The lowest BCUT2D eigenvalue weighted by Gasteiger charge is -2.09. The highest BCUT2D eigenvalue weighted by atomic mass is 32.2. The Labute approximate surface area is 103 Å². The highest BCUT2D eigenvalue weighted by molar-refractivity contribution is 7.90. The molecule has 0 heterocycles. The Hall–Kier alpha value is -1.24. The largest absolute Gasteiger partial charge is 0.573 e. The van der Waals surface area contributed by atoms with Crippen molar-refractivity contribution in [1.82, 2.24) is 0 Å². The molecule has 0 atom stereocenters. The summed E-state index contributed by atoms with van der Waals surface area (Å²) in [5.74, 6) is -0.472. The van der Waals surface area contributed by atoms with Gasteiger partial charge in [0, 0.05) is 0 Å². The van der Waals surface area contributed by atoms with Crippen LogP contribution in [0.3, 0.4) is 0 Å². The molecule has 1 aromatic rings. The molecule has 102 valence electrons. The molecule has 0 saturated carbocycles. The SMILES string of the molecule is CCCS(=O)(=O)Cc1ccc(OC(F)(F)F)cc1. The summed E-state index contributed by atoms with van der Waals surface area (Å²) in [6, 6.07) is 4.83. The average Bonchev–Trinajstić information content (AvgIpc) is 2.18. The third kappa shape index (κ3) is 5.39. The molecule has 0 aromatic heterocycles. The summed E-state index contributed by atoms with van der Waals surface area (Å²) in [6.45, 7) is 1.75. The molecule has 0 spiro atoms. The molecule has 1 rings (SSSR count). The number of hydrogen-bond donors (Lipinski definition) is 0. The highest BCUT2D eigenvalue weighted by Gasteiger charge is 2.30. The molecule has 0 radical (unpaired) electrons. The second-order valence-corrected chi connectivity index (χ2v) is 5.97. The summed E-state index contributed by atoms with van der Waals surface area (Å²) >= 11 is 0. The molecule has 18 heavy (non-hydrogen) atoms. The predicted molar refractivity (Wildman–Crippen MR) is 60.9 cm³/mol. The van der Waals surface area contributed by atoms with Crippen molar-refractivity contribution < 1.29 is 26.3 Å². The Balaban J connectivity index is 2.72. The number of rotatable bonds is 5. The number of ether oxygens (including phenoxy) is 1. The minimum atomic E-state index is -4.74. The lowest BCUT2D eigenvalue weighted by Crippen LogP contribution is -2.17. The van der Waals surface area contributed by atoms with Crippen LogP contribution < -0.4 is 4.74 Å². The minimum absolute atomic E-state index is 0.0633. The molecule has 0 saturated heterocycles. The molecule has 0 amide bonds. The molecule has 0 fully saturated rings. The first-order valence-electron chi connectivity index (χ1n) is 5.27. The molecule has 1 aromatic carbocycles. The molecular weight excluding hydrogens is 269 g/mol. The van der Waals surface area contributed by atoms with Crippen LogP contribution in [0.1, 0.15) is 18.9 Å². The second-order valence-electron chi connectivity index (χ2n) is 3.78. The summed E-state index contributed by atoms with van der Waals surface area (Å²) in [6.07, 6.45) is -4.23. The van der Waals surface area contributed by atoms with Crippen LogP contribution in [-0.2, 0) is 15.6 Å². The van der Waals surface area contributed by atoms with Crippen molar-refractivity contribution in [3.8, 4) is 5.75 Å². The Bertz CT molecular complexity index is 477. The third-order valence-electron chi connectivity index (χ3n) is 2.06. The second kappa shape index (κ2) is 5.60. The summed E-state index contributed by atoms with van der Waals surface area (Å²) < 4.78 is 62.4. The van der Waals surface area contributed by atoms with Crippen molar-refractivity contribution in [2.45, 2.75) is 25.5 Å². The van der Waals surface area contributed by atoms with Gasteiger partial charge in [-0.15, -0.1) is 13.2 Å².